The predicted octanol–water partition coefficient (Wildman–Crippen LogP) is 15.7. The third-order valence-electron chi connectivity index (χ3n) is 13.8. The zero-order chi connectivity index (χ0) is 41.3. The summed E-state index contributed by atoms with van der Waals surface area (Å²) in [5.41, 5.74) is 19.1. The van der Waals surface area contributed by atoms with Gasteiger partial charge in [-0.2, -0.15) is 0 Å². The molecule has 0 aromatic heterocycles. The second-order valence-corrected chi connectivity index (χ2v) is 16.9. The predicted molar refractivity (Wildman–Crippen MR) is 259 cm³/mol. The molecule has 2 aliphatic rings. The summed E-state index contributed by atoms with van der Waals surface area (Å²) in [5.74, 6) is 0. The second kappa shape index (κ2) is 14.2. The van der Waals surface area contributed by atoms with E-state index in [0.717, 1.165) is 17.1 Å². The lowest BCUT2D eigenvalue weighted by atomic mass is 9.67. The summed E-state index contributed by atoms with van der Waals surface area (Å²) in [7, 11) is 0. The van der Waals surface area contributed by atoms with Crippen LogP contribution in [0.2, 0.25) is 0 Å². The average molecular weight is 790 g/mol. The van der Waals surface area contributed by atoms with Crippen LogP contribution in [-0.4, -0.2) is 0 Å². The van der Waals surface area contributed by atoms with Crippen LogP contribution in [0.1, 0.15) is 45.9 Å². The van der Waals surface area contributed by atoms with Gasteiger partial charge in [0.05, 0.1) is 11.1 Å². The van der Waals surface area contributed by atoms with E-state index in [-0.39, 0.29) is 5.41 Å². The van der Waals surface area contributed by atoms with Crippen LogP contribution in [0.3, 0.4) is 0 Å². The van der Waals surface area contributed by atoms with Gasteiger partial charge in [0.15, 0.2) is 0 Å². The molecule has 1 heteroatoms. The molecule has 2 aliphatic carbocycles. The summed E-state index contributed by atoms with van der Waals surface area (Å²) < 4.78 is 0. The van der Waals surface area contributed by atoms with Gasteiger partial charge in [0.1, 0.15) is 0 Å². The molecule has 12 rings (SSSR count). The van der Waals surface area contributed by atoms with E-state index in [2.05, 4.69) is 254 Å². The van der Waals surface area contributed by atoms with E-state index in [9.17, 15) is 0 Å². The molecular formula is C61H43N. The van der Waals surface area contributed by atoms with Crippen LogP contribution in [0.25, 0.3) is 44.2 Å². The zero-order valence-corrected chi connectivity index (χ0v) is 34.5. The minimum atomic E-state index is -0.522. The van der Waals surface area contributed by atoms with Crippen LogP contribution < -0.4 is 4.90 Å². The maximum Gasteiger partial charge on any atom is 0.0714 e. The van der Waals surface area contributed by atoms with Gasteiger partial charge in [0.25, 0.3) is 0 Å². The fraction of sp³-hybridized carbons (Fsp3) is 0.0492. The van der Waals surface area contributed by atoms with Gasteiger partial charge in [-0.15, -0.1) is 0 Å². The van der Waals surface area contributed by atoms with Gasteiger partial charge in [-0.3, -0.25) is 0 Å². The number of fused-ring (bicyclic) bond motifs is 7. The first-order chi connectivity index (χ1) is 30.7. The summed E-state index contributed by atoms with van der Waals surface area (Å²) in [4.78, 5) is 2.52. The lowest BCUT2D eigenvalue weighted by Crippen LogP contribution is -2.28. The Balaban J connectivity index is 1.13. The smallest absolute Gasteiger partial charge is 0.0714 e. The van der Waals surface area contributed by atoms with E-state index in [4.69, 9.17) is 0 Å². The highest BCUT2D eigenvalue weighted by atomic mass is 15.1. The Morgan fingerprint density at radius 1 is 0.339 bits per heavy atom. The molecule has 62 heavy (non-hydrogen) atoms. The molecule has 0 saturated carbocycles. The van der Waals surface area contributed by atoms with Gasteiger partial charge in [-0.05, 0) is 115 Å². The van der Waals surface area contributed by atoms with Gasteiger partial charge in [0, 0.05) is 22.4 Å². The topological polar surface area (TPSA) is 3.24 Å². The number of nitrogens with zero attached hydrogens (tertiary/aromatic N) is 1. The lowest BCUT2D eigenvalue weighted by Gasteiger charge is -2.35. The van der Waals surface area contributed by atoms with Crippen molar-refractivity contribution in [3.8, 4) is 33.4 Å². The van der Waals surface area contributed by atoms with Crippen LogP contribution >= 0.6 is 0 Å². The monoisotopic (exact) mass is 789 g/mol. The van der Waals surface area contributed by atoms with Gasteiger partial charge in [0.2, 0.25) is 0 Å². The average Bonchev–Trinajstić information content (AvgIpc) is 3.80. The molecule has 0 amide bonds. The Bertz CT molecular complexity index is 3250. The molecule has 0 saturated heterocycles. The Kier molecular flexibility index (Phi) is 8.27. The molecule has 0 spiro atoms. The normalized spacial score (nSPS) is 15.4. The largest absolute Gasteiger partial charge is 0.310 e. The van der Waals surface area contributed by atoms with Crippen LogP contribution in [0.4, 0.5) is 17.1 Å². The summed E-state index contributed by atoms with van der Waals surface area (Å²) in [6, 6.07) is 90.0. The van der Waals surface area contributed by atoms with Crippen molar-refractivity contribution in [2.24, 2.45) is 0 Å². The molecule has 0 N–H and O–H groups in total. The van der Waals surface area contributed by atoms with Gasteiger partial charge < -0.3 is 4.90 Å². The third kappa shape index (κ3) is 5.22. The fourth-order valence-corrected chi connectivity index (χ4v) is 11.1. The standard InChI is InChI=1S/C61H43N/c1-60(44-21-5-2-6-22-44)54-31-15-14-29-53(54)59-56(60)33-18-34-58(59)62(47-37-35-43(36-38-47)50-30-17-20-42-19-11-12-27-49(42)50)48-39-40-52-51-28-13-16-32-55(51)61(57(52)41-48,45-23-7-3-8-24-45)46-25-9-4-10-26-46/h2-41H,1H3. The van der Waals surface area contributed by atoms with Crippen LogP contribution in [0, 0.1) is 0 Å². The van der Waals surface area contributed by atoms with E-state index in [1.54, 1.807) is 0 Å². The molecule has 0 heterocycles. The van der Waals surface area contributed by atoms with Crippen molar-refractivity contribution in [1.82, 2.24) is 0 Å². The first-order valence-electron chi connectivity index (χ1n) is 21.7. The highest BCUT2D eigenvalue weighted by Crippen LogP contribution is 2.59. The van der Waals surface area contributed by atoms with Crippen molar-refractivity contribution < 1.29 is 0 Å². The molecule has 1 unspecified atom stereocenters. The summed E-state index contributed by atoms with van der Waals surface area (Å²) in [6.07, 6.45) is 0. The van der Waals surface area contributed by atoms with Gasteiger partial charge >= 0.3 is 0 Å². The van der Waals surface area contributed by atoms with Crippen molar-refractivity contribution in [2.75, 3.05) is 4.90 Å². The Morgan fingerprint density at radius 3 is 1.58 bits per heavy atom. The van der Waals surface area contributed by atoms with Crippen molar-refractivity contribution in [3.05, 3.63) is 282 Å². The molecule has 292 valence electrons. The maximum absolute atomic E-state index is 2.52. The first kappa shape index (κ1) is 36.1. The first-order valence-corrected chi connectivity index (χ1v) is 21.7. The fourth-order valence-electron chi connectivity index (χ4n) is 11.1. The third-order valence-corrected chi connectivity index (χ3v) is 13.8. The number of benzene rings is 10. The van der Waals surface area contributed by atoms with E-state index in [1.807, 2.05) is 0 Å². The zero-order valence-electron chi connectivity index (χ0n) is 34.5. The molecule has 1 nitrogen and oxygen atoms in total. The van der Waals surface area contributed by atoms with Crippen LogP contribution in [0.5, 0.6) is 0 Å². The number of hydrogen-bond acceptors (Lipinski definition) is 1. The number of hydrogen-bond donors (Lipinski definition) is 0. The summed E-state index contributed by atoms with van der Waals surface area (Å²) in [5, 5.41) is 2.50. The minimum Gasteiger partial charge on any atom is -0.310 e. The van der Waals surface area contributed by atoms with Crippen LogP contribution in [0.15, 0.2) is 243 Å². The Morgan fingerprint density at radius 2 is 0.855 bits per heavy atom. The summed E-state index contributed by atoms with van der Waals surface area (Å²) in [6.45, 7) is 2.40. The van der Waals surface area contributed by atoms with Crippen molar-refractivity contribution in [3.63, 3.8) is 0 Å². The van der Waals surface area contributed by atoms with Crippen molar-refractivity contribution in [1.29, 1.82) is 0 Å². The highest BCUT2D eigenvalue weighted by Gasteiger charge is 2.47. The molecule has 10 aromatic rings. The van der Waals surface area contributed by atoms with E-state index >= 15 is 0 Å². The van der Waals surface area contributed by atoms with E-state index in [1.165, 1.54) is 83.1 Å². The Hall–Kier alpha value is -7.74. The molecule has 0 bridgehead atoms. The number of anilines is 3. The maximum atomic E-state index is 2.52. The Labute approximate surface area is 363 Å². The van der Waals surface area contributed by atoms with Gasteiger partial charge in [-0.1, -0.05) is 212 Å². The second-order valence-electron chi connectivity index (χ2n) is 16.9. The van der Waals surface area contributed by atoms with Crippen LogP contribution in [-0.2, 0) is 10.8 Å². The lowest BCUT2D eigenvalue weighted by molar-refractivity contribution is 0.714. The number of rotatable bonds is 7. The quantitative estimate of drug-likeness (QED) is 0.155. The van der Waals surface area contributed by atoms with Crippen molar-refractivity contribution >= 4 is 27.8 Å². The van der Waals surface area contributed by atoms with Gasteiger partial charge in [-0.25, -0.2) is 0 Å². The molecule has 0 fully saturated rings. The minimum absolute atomic E-state index is 0.331. The summed E-state index contributed by atoms with van der Waals surface area (Å²) >= 11 is 0. The van der Waals surface area contributed by atoms with Crippen molar-refractivity contribution in [2.45, 2.75) is 17.8 Å². The highest BCUT2D eigenvalue weighted by molar-refractivity contribution is 5.99. The molecule has 0 aliphatic heterocycles. The van der Waals surface area contributed by atoms with E-state index < -0.39 is 5.41 Å². The molecule has 1 atom stereocenters. The molecule has 10 aromatic carbocycles. The van der Waals surface area contributed by atoms with E-state index in [0.29, 0.717) is 0 Å². The SMILES string of the molecule is CC1(c2ccccc2)c2ccccc2-c2c(N(c3ccc(-c4cccc5ccccc45)cc3)c3ccc4c(c3)C(c3ccccc3)(c3ccccc3)c3ccccc3-4)cccc21. The molecular weight excluding hydrogens is 747 g/mol. The molecule has 0 radical (unpaired) electrons.